The number of methoxy groups -OCH3 is 1. The molecule has 2 aromatic carbocycles. The van der Waals surface area contributed by atoms with E-state index in [-0.39, 0.29) is 29.8 Å². The molecule has 2 rings (SSSR count). The Morgan fingerprint density at radius 1 is 1.22 bits per heavy atom. The van der Waals surface area contributed by atoms with E-state index in [1.165, 1.54) is 30.0 Å². The van der Waals surface area contributed by atoms with E-state index in [2.05, 4.69) is 5.32 Å². The molecule has 0 aliphatic carbocycles. The van der Waals surface area contributed by atoms with Crippen molar-refractivity contribution in [1.82, 2.24) is 5.32 Å². The summed E-state index contributed by atoms with van der Waals surface area (Å²) in [6.45, 7) is 2.05. The van der Waals surface area contributed by atoms with Crippen molar-refractivity contribution in [2.75, 3.05) is 25.1 Å². The van der Waals surface area contributed by atoms with Crippen LogP contribution in [-0.2, 0) is 16.0 Å². The van der Waals surface area contributed by atoms with Crippen LogP contribution in [0.4, 0.5) is 10.1 Å². The zero-order valence-corrected chi connectivity index (χ0v) is 16.1. The van der Waals surface area contributed by atoms with Crippen LogP contribution in [0.25, 0.3) is 0 Å². The lowest BCUT2D eigenvalue weighted by Gasteiger charge is -2.21. The van der Waals surface area contributed by atoms with Crippen molar-refractivity contribution in [3.63, 3.8) is 0 Å². The number of nitrogens with zero attached hydrogens (tertiary/aromatic N) is 1. The van der Waals surface area contributed by atoms with E-state index in [1.807, 2.05) is 24.3 Å². The fourth-order valence-corrected chi connectivity index (χ4v) is 2.77. The van der Waals surface area contributed by atoms with Gasteiger partial charge in [-0.2, -0.15) is 0 Å². The van der Waals surface area contributed by atoms with Gasteiger partial charge in [0.1, 0.15) is 11.6 Å². The van der Waals surface area contributed by atoms with Crippen molar-refractivity contribution in [3.05, 3.63) is 58.9 Å². The van der Waals surface area contributed by atoms with Crippen LogP contribution in [-0.4, -0.2) is 32.0 Å². The Hall–Kier alpha value is -2.60. The molecule has 2 amide bonds. The lowest BCUT2D eigenvalue weighted by atomic mass is 10.1. The zero-order chi connectivity index (χ0) is 19.8. The van der Waals surface area contributed by atoms with Crippen molar-refractivity contribution in [3.8, 4) is 5.75 Å². The molecule has 0 saturated carbocycles. The minimum atomic E-state index is -0.556. The van der Waals surface area contributed by atoms with Gasteiger partial charge in [0.05, 0.1) is 12.1 Å². The second-order valence-corrected chi connectivity index (χ2v) is 6.38. The van der Waals surface area contributed by atoms with Crippen LogP contribution in [0.3, 0.4) is 0 Å². The fraction of sp³-hybridized carbons (Fsp3) is 0.300. The maximum Gasteiger partial charge on any atom is 0.223 e. The number of ether oxygens (including phenoxy) is 1. The summed E-state index contributed by atoms with van der Waals surface area (Å²) in [4.78, 5) is 25.3. The summed E-state index contributed by atoms with van der Waals surface area (Å²) in [6.07, 6.45) is 0.805. The summed E-state index contributed by atoms with van der Waals surface area (Å²) in [7, 11) is 1.61. The SMILES string of the molecule is COc1cccc(CCNC(=O)CCN(C(C)=O)c2ccc(F)c(Cl)c2)c1. The molecular formula is C20H22ClFN2O3. The van der Waals surface area contributed by atoms with Gasteiger partial charge in [-0.1, -0.05) is 23.7 Å². The first-order valence-corrected chi connectivity index (χ1v) is 8.91. The Morgan fingerprint density at radius 3 is 2.67 bits per heavy atom. The lowest BCUT2D eigenvalue weighted by molar-refractivity contribution is -0.121. The van der Waals surface area contributed by atoms with Gasteiger partial charge in [0.2, 0.25) is 11.8 Å². The van der Waals surface area contributed by atoms with Crippen LogP contribution in [0.1, 0.15) is 18.9 Å². The Kier molecular flexibility index (Phi) is 7.61. The molecular weight excluding hydrogens is 371 g/mol. The Balaban J connectivity index is 1.84. The van der Waals surface area contributed by atoms with Gasteiger partial charge in [0.25, 0.3) is 0 Å². The average molecular weight is 393 g/mol. The van der Waals surface area contributed by atoms with Crippen molar-refractivity contribution < 1.29 is 18.7 Å². The summed E-state index contributed by atoms with van der Waals surface area (Å²) in [5, 5.41) is 2.76. The minimum Gasteiger partial charge on any atom is -0.497 e. The van der Waals surface area contributed by atoms with Gasteiger partial charge in [-0.05, 0) is 42.3 Å². The van der Waals surface area contributed by atoms with E-state index in [0.717, 1.165) is 11.3 Å². The third-order valence-corrected chi connectivity index (χ3v) is 4.32. The van der Waals surface area contributed by atoms with Crippen molar-refractivity contribution in [1.29, 1.82) is 0 Å². The molecule has 0 radical (unpaired) electrons. The summed E-state index contributed by atoms with van der Waals surface area (Å²) in [6, 6.07) is 11.7. The van der Waals surface area contributed by atoms with E-state index >= 15 is 0 Å². The molecule has 7 heteroatoms. The number of halogens is 2. The number of carbonyl (C=O) groups is 2. The van der Waals surface area contributed by atoms with Crippen LogP contribution in [0.5, 0.6) is 5.75 Å². The van der Waals surface area contributed by atoms with Crippen LogP contribution >= 0.6 is 11.6 Å². The van der Waals surface area contributed by atoms with Crippen LogP contribution in [0.15, 0.2) is 42.5 Å². The molecule has 0 aliphatic heterocycles. The zero-order valence-electron chi connectivity index (χ0n) is 15.3. The first kappa shape index (κ1) is 20.7. The van der Waals surface area contributed by atoms with Gasteiger partial charge in [-0.15, -0.1) is 0 Å². The van der Waals surface area contributed by atoms with Gasteiger partial charge in [0.15, 0.2) is 0 Å². The molecule has 0 spiro atoms. The van der Waals surface area contributed by atoms with Crippen molar-refractivity contribution in [2.45, 2.75) is 19.8 Å². The molecule has 0 atom stereocenters. The van der Waals surface area contributed by atoms with Gasteiger partial charge in [-0.25, -0.2) is 4.39 Å². The molecule has 2 aromatic rings. The second-order valence-electron chi connectivity index (χ2n) is 5.97. The van der Waals surface area contributed by atoms with Gasteiger partial charge in [-0.3, -0.25) is 9.59 Å². The summed E-state index contributed by atoms with van der Waals surface area (Å²) in [5.74, 6) is -0.202. The highest BCUT2D eigenvalue weighted by molar-refractivity contribution is 6.31. The van der Waals surface area contributed by atoms with Crippen LogP contribution in [0, 0.1) is 5.82 Å². The molecule has 27 heavy (non-hydrogen) atoms. The number of amides is 2. The molecule has 0 aromatic heterocycles. The number of anilines is 1. The average Bonchev–Trinajstić information content (AvgIpc) is 2.64. The van der Waals surface area contributed by atoms with Crippen molar-refractivity contribution in [2.24, 2.45) is 0 Å². The molecule has 0 aliphatic rings. The highest BCUT2D eigenvalue weighted by Crippen LogP contribution is 2.23. The molecule has 0 fully saturated rings. The largest absolute Gasteiger partial charge is 0.497 e. The summed E-state index contributed by atoms with van der Waals surface area (Å²) in [5.41, 5.74) is 1.51. The summed E-state index contributed by atoms with van der Waals surface area (Å²) >= 11 is 5.77. The molecule has 0 unspecified atom stereocenters. The molecule has 0 heterocycles. The number of hydrogen-bond donors (Lipinski definition) is 1. The standard InChI is InChI=1S/C20H22ClFN2O3/c1-14(25)24(16-6-7-19(22)18(21)13-16)11-9-20(26)23-10-8-15-4-3-5-17(12-15)27-2/h3-7,12-13H,8-11H2,1-2H3,(H,23,26). The first-order chi connectivity index (χ1) is 12.9. The third-order valence-electron chi connectivity index (χ3n) is 4.03. The van der Waals surface area contributed by atoms with Crippen LogP contribution < -0.4 is 15.0 Å². The monoisotopic (exact) mass is 392 g/mol. The summed E-state index contributed by atoms with van der Waals surface area (Å²) < 4.78 is 18.5. The topological polar surface area (TPSA) is 58.6 Å². The van der Waals surface area contributed by atoms with Gasteiger partial charge >= 0.3 is 0 Å². The van der Waals surface area contributed by atoms with Gasteiger partial charge < -0.3 is 15.0 Å². The number of hydrogen-bond acceptors (Lipinski definition) is 3. The molecule has 144 valence electrons. The predicted molar refractivity (Wildman–Crippen MR) is 104 cm³/mol. The second kappa shape index (κ2) is 9.92. The van der Waals surface area contributed by atoms with E-state index in [1.54, 1.807) is 7.11 Å². The number of nitrogens with one attached hydrogen (secondary N) is 1. The highest BCUT2D eigenvalue weighted by Gasteiger charge is 2.15. The maximum absolute atomic E-state index is 13.3. The lowest BCUT2D eigenvalue weighted by Crippen LogP contribution is -2.34. The normalized spacial score (nSPS) is 10.4. The first-order valence-electron chi connectivity index (χ1n) is 8.53. The van der Waals surface area contributed by atoms with Crippen LogP contribution in [0.2, 0.25) is 5.02 Å². The van der Waals surface area contributed by atoms with E-state index in [0.29, 0.717) is 18.7 Å². The molecule has 0 saturated heterocycles. The Morgan fingerprint density at radius 2 is 2.00 bits per heavy atom. The minimum absolute atomic E-state index is 0.0681. The molecule has 1 N–H and O–H groups in total. The Labute approximate surface area is 163 Å². The maximum atomic E-state index is 13.3. The van der Waals surface area contributed by atoms with E-state index in [4.69, 9.17) is 16.3 Å². The van der Waals surface area contributed by atoms with Gasteiger partial charge in [0, 0.05) is 32.1 Å². The highest BCUT2D eigenvalue weighted by atomic mass is 35.5. The molecule has 5 nitrogen and oxygen atoms in total. The van der Waals surface area contributed by atoms with E-state index < -0.39 is 5.82 Å². The van der Waals surface area contributed by atoms with E-state index in [9.17, 15) is 14.0 Å². The fourth-order valence-electron chi connectivity index (χ4n) is 2.60. The number of benzene rings is 2. The Bertz CT molecular complexity index is 814. The predicted octanol–water partition coefficient (Wildman–Crippen LogP) is 3.59. The molecule has 0 bridgehead atoms. The number of rotatable bonds is 8. The quantitative estimate of drug-likeness (QED) is 0.746. The van der Waals surface area contributed by atoms with Crippen molar-refractivity contribution >= 4 is 29.1 Å². The number of carbonyl (C=O) groups excluding carboxylic acids is 2. The smallest absolute Gasteiger partial charge is 0.223 e. The third kappa shape index (κ3) is 6.25.